The standard InChI is InChI=1S/C21H31NO9/c1-11(25)22-13-2-4-14(5-3-13)29-18-7-6-15(17(10-24)31-18)30-16-8-12(9-23)19(26)21(28)20(16)27/h2-5,12,15-21,23-24,26-28H,6-10H2,1H3,(H,22,25)/t12-,15+,16?,17-,18+,19+,20+,21+/m1/s1. The lowest BCUT2D eigenvalue weighted by Crippen LogP contribution is -2.57. The van der Waals surface area contributed by atoms with E-state index >= 15 is 0 Å². The van der Waals surface area contributed by atoms with Crippen LogP contribution in [0.3, 0.4) is 0 Å². The Labute approximate surface area is 180 Å². The number of rotatable bonds is 7. The van der Waals surface area contributed by atoms with Crippen LogP contribution in [0.15, 0.2) is 24.3 Å². The number of amides is 1. The van der Waals surface area contributed by atoms with E-state index in [1.807, 2.05) is 0 Å². The van der Waals surface area contributed by atoms with E-state index in [4.69, 9.17) is 14.2 Å². The maximum absolute atomic E-state index is 11.1. The lowest BCUT2D eigenvalue weighted by molar-refractivity contribution is -0.244. The third-order valence-electron chi connectivity index (χ3n) is 5.73. The van der Waals surface area contributed by atoms with Gasteiger partial charge in [-0.25, -0.2) is 0 Å². The second kappa shape index (κ2) is 10.7. The molecule has 31 heavy (non-hydrogen) atoms. The van der Waals surface area contributed by atoms with Crippen molar-refractivity contribution in [1.29, 1.82) is 0 Å². The van der Waals surface area contributed by atoms with Crippen LogP contribution in [-0.4, -0.2) is 87.6 Å². The van der Waals surface area contributed by atoms with Crippen LogP contribution in [0, 0.1) is 5.92 Å². The average molecular weight is 441 g/mol. The molecule has 8 atom stereocenters. The zero-order valence-corrected chi connectivity index (χ0v) is 17.3. The number of carbonyl (C=O) groups is 1. The van der Waals surface area contributed by atoms with Crippen LogP contribution >= 0.6 is 0 Å². The summed E-state index contributed by atoms with van der Waals surface area (Å²) >= 11 is 0. The fraction of sp³-hybridized carbons (Fsp3) is 0.667. The molecule has 0 aromatic heterocycles. The fourth-order valence-electron chi connectivity index (χ4n) is 4.03. The Morgan fingerprint density at radius 2 is 1.74 bits per heavy atom. The third-order valence-corrected chi connectivity index (χ3v) is 5.73. The molecule has 1 heterocycles. The molecule has 1 aromatic carbocycles. The van der Waals surface area contributed by atoms with E-state index in [0.717, 1.165) is 0 Å². The van der Waals surface area contributed by atoms with E-state index in [-0.39, 0.29) is 25.5 Å². The molecule has 0 bridgehead atoms. The Kier molecular flexibility index (Phi) is 8.23. The van der Waals surface area contributed by atoms with E-state index in [1.54, 1.807) is 24.3 Å². The van der Waals surface area contributed by atoms with Gasteiger partial charge in [0.05, 0.1) is 24.9 Å². The van der Waals surface area contributed by atoms with Crippen LogP contribution in [0.2, 0.25) is 0 Å². The van der Waals surface area contributed by atoms with Crippen molar-refractivity contribution >= 4 is 11.6 Å². The number of anilines is 1. The number of aliphatic hydroxyl groups is 5. The van der Waals surface area contributed by atoms with Crippen LogP contribution in [-0.2, 0) is 14.3 Å². The minimum Gasteiger partial charge on any atom is -0.465 e. The Bertz CT molecular complexity index is 713. The predicted octanol–water partition coefficient (Wildman–Crippen LogP) is -0.630. The quantitative estimate of drug-likeness (QED) is 0.324. The van der Waals surface area contributed by atoms with Gasteiger partial charge in [-0.1, -0.05) is 0 Å². The molecular formula is C21H31NO9. The highest BCUT2D eigenvalue weighted by Gasteiger charge is 2.45. The summed E-state index contributed by atoms with van der Waals surface area (Å²) in [6.07, 6.45) is -5.53. The molecule has 10 nitrogen and oxygen atoms in total. The van der Waals surface area contributed by atoms with Gasteiger partial charge in [0.15, 0.2) is 6.29 Å². The topological polar surface area (TPSA) is 158 Å². The van der Waals surface area contributed by atoms with Crippen LogP contribution in [0.5, 0.6) is 5.75 Å². The zero-order chi connectivity index (χ0) is 22.5. The van der Waals surface area contributed by atoms with Gasteiger partial charge in [-0.15, -0.1) is 0 Å². The van der Waals surface area contributed by atoms with Gasteiger partial charge in [-0.2, -0.15) is 0 Å². The smallest absolute Gasteiger partial charge is 0.221 e. The molecule has 2 fully saturated rings. The summed E-state index contributed by atoms with van der Waals surface area (Å²) in [4.78, 5) is 11.1. The molecule has 174 valence electrons. The fourth-order valence-corrected chi connectivity index (χ4v) is 4.03. The summed E-state index contributed by atoms with van der Waals surface area (Å²) in [7, 11) is 0. The minimum atomic E-state index is -1.43. The molecular weight excluding hydrogens is 410 g/mol. The van der Waals surface area contributed by atoms with Gasteiger partial charge in [0.2, 0.25) is 5.91 Å². The van der Waals surface area contributed by atoms with Crippen LogP contribution < -0.4 is 10.1 Å². The predicted molar refractivity (Wildman–Crippen MR) is 108 cm³/mol. The van der Waals surface area contributed by atoms with Crippen molar-refractivity contribution in [3.63, 3.8) is 0 Å². The highest BCUT2D eigenvalue weighted by atomic mass is 16.7. The molecule has 1 aliphatic heterocycles. The van der Waals surface area contributed by atoms with E-state index in [2.05, 4.69) is 5.32 Å². The number of carbonyl (C=O) groups excluding carboxylic acids is 1. The first-order chi connectivity index (χ1) is 14.8. The summed E-state index contributed by atoms with van der Waals surface area (Å²) in [5, 5.41) is 52.1. The zero-order valence-electron chi connectivity index (χ0n) is 17.3. The van der Waals surface area contributed by atoms with E-state index in [9.17, 15) is 30.3 Å². The summed E-state index contributed by atoms with van der Waals surface area (Å²) in [6.45, 7) is 0.752. The second-order valence-electron chi connectivity index (χ2n) is 8.05. The minimum absolute atomic E-state index is 0.170. The van der Waals surface area contributed by atoms with Gasteiger partial charge in [-0.3, -0.25) is 4.79 Å². The molecule has 0 spiro atoms. The normalized spacial score (nSPS) is 36.1. The molecule has 10 heteroatoms. The SMILES string of the molecule is CC(=O)Nc1ccc(O[C@@H]2CC[C@H](OC3C[C@H](CO)[C@H](O)[C@H](O)[C@H]3O)[C@@H](CO)O2)cc1. The van der Waals surface area contributed by atoms with Gasteiger partial charge in [-0.05, 0) is 37.1 Å². The van der Waals surface area contributed by atoms with Crippen molar-refractivity contribution in [2.75, 3.05) is 18.5 Å². The first-order valence-corrected chi connectivity index (χ1v) is 10.4. The van der Waals surface area contributed by atoms with Gasteiger partial charge >= 0.3 is 0 Å². The summed E-state index contributed by atoms with van der Waals surface area (Å²) in [5.41, 5.74) is 0.644. The van der Waals surface area contributed by atoms with Crippen molar-refractivity contribution in [2.45, 2.75) is 69.1 Å². The van der Waals surface area contributed by atoms with Crippen LogP contribution in [0.25, 0.3) is 0 Å². The Morgan fingerprint density at radius 1 is 1.03 bits per heavy atom. The summed E-state index contributed by atoms with van der Waals surface area (Å²) < 4.78 is 17.6. The molecule has 1 aromatic rings. The number of hydrogen-bond acceptors (Lipinski definition) is 9. The van der Waals surface area contributed by atoms with Crippen molar-refractivity contribution in [3.8, 4) is 5.75 Å². The van der Waals surface area contributed by atoms with Crippen LogP contribution in [0.1, 0.15) is 26.2 Å². The van der Waals surface area contributed by atoms with Gasteiger partial charge in [0.1, 0.15) is 24.1 Å². The molecule has 6 N–H and O–H groups in total. The number of ether oxygens (including phenoxy) is 3. The lowest BCUT2D eigenvalue weighted by atomic mass is 9.81. The molecule has 1 amide bonds. The molecule has 1 saturated carbocycles. The largest absolute Gasteiger partial charge is 0.465 e. The van der Waals surface area contributed by atoms with Crippen molar-refractivity contribution in [3.05, 3.63) is 24.3 Å². The first-order valence-electron chi connectivity index (χ1n) is 10.4. The van der Waals surface area contributed by atoms with E-state index in [0.29, 0.717) is 24.3 Å². The summed E-state index contributed by atoms with van der Waals surface area (Å²) in [5.74, 6) is -0.241. The van der Waals surface area contributed by atoms with Gasteiger partial charge < -0.3 is 45.1 Å². The molecule has 1 aliphatic carbocycles. The van der Waals surface area contributed by atoms with E-state index in [1.165, 1.54) is 6.92 Å². The molecule has 1 saturated heterocycles. The number of aliphatic hydroxyl groups excluding tert-OH is 5. The third kappa shape index (κ3) is 5.92. The number of nitrogens with one attached hydrogen (secondary N) is 1. The van der Waals surface area contributed by atoms with Crippen molar-refractivity contribution < 1.29 is 44.5 Å². The summed E-state index contributed by atoms with van der Waals surface area (Å²) in [6, 6.07) is 6.81. The van der Waals surface area contributed by atoms with Crippen LogP contribution in [0.4, 0.5) is 5.69 Å². The molecule has 1 unspecified atom stereocenters. The Balaban J connectivity index is 1.56. The first kappa shape index (κ1) is 23.9. The average Bonchev–Trinajstić information content (AvgIpc) is 2.76. The van der Waals surface area contributed by atoms with Gasteiger partial charge in [0.25, 0.3) is 0 Å². The number of benzene rings is 1. The van der Waals surface area contributed by atoms with Gasteiger partial charge in [0, 0.05) is 31.6 Å². The Hall–Kier alpha value is -1.79. The monoisotopic (exact) mass is 441 g/mol. The lowest BCUT2D eigenvalue weighted by Gasteiger charge is -2.43. The van der Waals surface area contributed by atoms with Crippen molar-refractivity contribution in [2.24, 2.45) is 5.92 Å². The van der Waals surface area contributed by atoms with E-state index < -0.39 is 48.8 Å². The second-order valence-corrected chi connectivity index (χ2v) is 8.05. The Morgan fingerprint density at radius 3 is 2.35 bits per heavy atom. The maximum Gasteiger partial charge on any atom is 0.221 e. The number of hydrogen-bond donors (Lipinski definition) is 6. The highest BCUT2D eigenvalue weighted by Crippen LogP contribution is 2.32. The molecule has 0 radical (unpaired) electrons. The van der Waals surface area contributed by atoms with Crippen molar-refractivity contribution in [1.82, 2.24) is 0 Å². The molecule has 2 aliphatic rings. The molecule has 3 rings (SSSR count). The maximum atomic E-state index is 11.1. The highest BCUT2D eigenvalue weighted by molar-refractivity contribution is 5.88.